The minimum Gasteiger partial charge on any atom is -0.492 e. The molecule has 1 amide bonds. The molecule has 0 radical (unpaired) electrons. The number of likely N-dealkylation sites (N-methyl/N-ethyl adjacent to an activating group) is 1. The summed E-state index contributed by atoms with van der Waals surface area (Å²) in [5.41, 5.74) is 0. The molecule has 0 aliphatic rings. The number of amides is 1. The van der Waals surface area contributed by atoms with E-state index < -0.39 is 0 Å². The number of hydrogen-bond acceptors (Lipinski definition) is 3. The number of rotatable bonds is 9. The van der Waals surface area contributed by atoms with Crippen molar-refractivity contribution in [3.63, 3.8) is 0 Å². The van der Waals surface area contributed by atoms with Crippen molar-refractivity contribution in [3.05, 3.63) is 30.3 Å². The summed E-state index contributed by atoms with van der Waals surface area (Å²) in [5.74, 6) is 1.46. The average Bonchev–Trinajstić information content (AvgIpc) is 2.56. The van der Waals surface area contributed by atoms with E-state index in [1.807, 2.05) is 30.3 Å². The molecule has 0 unspecified atom stereocenters. The third-order valence-corrected chi connectivity index (χ3v) is 3.10. The average molecular weight is 448 g/mol. The van der Waals surface area contributed by atoms with Crippen LogP contribution in [0, 0.1) is 0 Å². The van der Waals surface area contributed by atoms with Crippen LogP contribution in [0.3, 0.4) is 0 Å². The Morgan fingerprint density at radius 3 is 2.46 bits per heavy atom. The fraction of sp³-hybridized carbons (Fsp3) is 0.529. The molecule has 0 aromatic heterocycles. The number of carbonyl (C=O) groups is 1. The molecule has 1 rings (SSSR count). The van der Waals surface area contributed by atoms with Gasteiger partial charge in [0.2, 0.25) is 5.91 Å². The van der Waals surface area contributed by atoms with Crippen LogP contribution in [0.15, 0.2) is 35.3 Å². The molecule has 0 aliphatic heterocycles. The number of aliphatic imine (C=N–C) groups is 1. The highest BCUT2D eigenvalue weighted by Gasteiger charge is 2.04. The number of carbonyl (C=O) groups excluding carboxylic acids is 1. The van der Waals surface area contributed by atoms with Crippen LogP contribution in [0.1, 0.15) is 19.8 Å². The van der Waals surface area contributed by atoms with Gasteiger partial charge in [0.25, 0.3) is 0 Å². The Hall–Kier alpha value is -1.51. The molecule has 1 aromatic rings. The molecule has 136 valence electrons. The van der Waals surface area contributed by atoms with Crippen LogP contribution < -0.4 is 15.4 Å². The smallest absolute Gasteiger partial charge is 0.243 e. The molecule has 0 saturated heterocycles. The molecule has 0 atom stereocenters. The van der Waals surface area contributed by atoms with Gasteiger partial charge in [-0.15, -0.1) is 24.0 Å². The monoisotopic (exact) mass is 448 g/mol. The minimum absolute atomic E-state index is 0. The van der Waals surface area contributed by atoms with Gasteiger partial charge in [-0.25, -0.2) is 4.99 Å². The van der Waals surface area contributed by atoms with Gasteiger partial charge in [0.15, 0.2) is 5.96 Å². The maximum absolute atomic E-state index is 11.6. The number of hydrogen-bond donors (Lipinski definition) is 2. The van der Waals surface area contributed by atoms with Crippen LogP contribution in [-0.4, -0.2) is 57.1 Å². The maximum Gasteiger partial charge on any atom is 0.243 e. The Kier molecular flexibility index (Phi) is 13.0. The van der Waals surface area contributed by atoms with E-state index in [9.17, 15) is 4.79 Å². The molecule has 0 saturated carbocycles. The summed E-state index contributed by atoms with van der Waals surface area (Å²) in [4.78, 5) is 17.5. The predicted molar refractivity (Wildman–Crippen MR) is 109 cm³/mol. The van der Waals surface area contributed by atoms with E-state index in [0.717, 1.165) is 25.1 Å². The second-order valence-corrected chi connectivity index (χ2v) is 5.32. The molecular formula is C17H29IN4O2. The summed E-state index contributed by atoms with van der Waals surface area (Å²) in [7, 11) is 3.45. The van der Waals surface area contributed by atoms with Crippen LogP contribution in [0.25, 0.3) is 0 Å². The quantitative estimate of drug-likeness (QED) is 0.263. The molecule has 1 aromatic carbocycles. The van der Waals surface area contributed by atoms with E-state index in [-0.39, 0.29) is 36.4 Å². The predicted octanol–water partition coefficient (Wildman–Crippen LogP) is 2.11. The van der Waals surface area contributed by atoms with Crippen LogP contribution in [-0.2, 0) is 4.79 Å². The van der Waals surface area contributed by atoms with Gasteiger partial charge in [0.05, 0.1) is 6.54 Å². The summed E-state index contributed by atoms with van der Waals surface area (Å²) in [5, 5.41) is 6.41. The lowest BCUT2D eigenvalue weighted by atomic mass is 10.3. The van der Waals surface area contributed by atoms with Crippen LogP contribution in [0.5, 0.6) is 5.75 Å². The van der Waals surface area contributed by atoms with Crippen LogP contribution in [0.4, 0.5) is 0 Å². The van der Waals surface area contributed by atoms with Gasteiger partial charge in [0, 0.05) is 20.6 Å². The third-order valence-electron chi connectivity index (χ3n) is 3.10. The molecular weight excluding hydrogens is 419 g/mol. The highest BCUT2D eigenvalue weighted by atomic mass is 127. The molecule has 0 bridgehead atoms. The first-order chi connectivity index (χ1) is 11.1. The van der Waals surface area contributed by atoms with Gasteiger partial charge < -0.3 is 20.3 Å². The second kappa shape index (κ2) is 13.9. The van der Waals surface area contributed by atoms with Gasteiger partial charge in [-0.2, -0.15) is 0 Å². The fourth-order valence-electron chi connectivity index (χ4n) is 1.70. The molecule has 0 aliphatic carbocycles. The number of nitrogens with one attached hydrogen (secondary N) is 2. The van der Waals surface area contributed by atoms with E-state index in [2.05, 4.69) is 22.5 Å². The van der Waals surface area contributed by atoms with Crippen molar-refractivity contribution in [1.29, 1.82) is 0 Å². The Balaban J connectivity index is 0.00000529. The zero-order valence-corrected chi connectivity index (χ0v) is 17.1. The van der Waals surface area contributed by atoms with Gasteiger partial charge >= 0.3 is 0 Å². The lowest BCUT2D eigenvalue weighted by Gasteiger charge is -2.14. The third kappa shape index (κ3) is 10.3. The van der Waals surface area contributed by atoms with Crippen molar-refractivity contribution >= 4 is 35.8 Å². The number of benzene rings is 1. The van der Waals surface area contributed by atoms with Crippen molar-refractivity contribution in [2.75, 3.05) is 40.3 Å². The van der Waals surface area contributed by atoms with E-state index >= 15 is 0 Å². The number of unbranched alkanes of at least 4 members (excludes halogenated alkanes) is 1. The summed E-state index contributed by atoms with van der Waals surface area (Å²) in [6, 6.07) is 9.67. The summed E-state index contributed by atoms with van der Waals surface area (Å²) in [6.07, 6.45) is 2.16. The van der Waals surface area contributed by atoms with Crippen LogP contribution in [0.2, 0.25) is 0 Å². The van der Waals surface area contributed by atoms with Gasteiger partial charge in [-0.1, -0.05) is 31.5 Å². The maximum atomic E-state index is 11.6. The van der Waals surface area contributed by atoms with Crippen molar-refractivity contribution in [2.45, 2.75) is 19.8 Å². The first kappa shape index (κ1) is 22.5. The number of para-hydroxylation sites is 1. The number of nitrogens with zero attached hydrogens (tertiary/aromatic N) is 2. The topological polar surface area (TPSA) is 66.0 Å². The van der Waals surface area contributed by atoms with E-state index in [1.165, 1.54) is 4.90 Å². The Bertz CT molecular complexity index is 481. The van der Waals surface area contributed by atoms with E-state index in [0.29, 0.717) is 19.1 Å². The number of ether oxygens (including phenoxy) is 1. The standard InChI is InChI=1S/C17H28N4O2.HI/c1-4-5-11-18-17(20-14-16(22)21(2)3)19-12-13-23-15-9-7-6-8-10-15;/h6-10H,4-5,11-14H2,1-3H3,(H2,18,19,20);1H. The lowest BCUT2D eigenvalue weighted by molar-refractivity contribution is -0.127. The first-order valence-electron chi connectivity index (χ1n) is 8.03. The van der Waals surface area contributed by atoms with Crippen LogP contribution >= 0.6 is 24.0 Å². The molecule has 2 N–H and O–H groups in total. The van der Waals surface area contributed by atoms with Crippen molar-refractivity contribution < 1.29 is 9.53 Å². The zero-order valence-electron chi connectivity index (χ0n) is 14.7. The Labute approximate surface area is 162 Å². The molecule has 7 heteroatoms. The number of guanidine groups is 1. The Morgan fingerprint density at radius 2 is 1.83 bits per heavy atom. The van der Waals surface area contributed by atoms with E-state index in [1.54, 1.807) is 14.1 Å². The Morgan fingerprint density at radius 1 is 1.17 bits per heavy atom. The molecule has 0 heterocycles. The fourth-order valence-corrected chi connectivity index (χ4v) is 1.70. The van der Waals surface area contributed by atoms with Gasteiger partial charge in [-0.3, -0.25) is 4.79 Å². The summed E-state index contributed by atoms with van der Waals surface area (Å²) in [6.45, 7) is 4.24. The minimum atomic E-state index is -0.0258. The summed E-state index contributed by atoms with van der Waals surface area (Å²) < 4.78 is 5.63. The van der Waals surface area contributed by atoms with Gasteiger partial charge in [0.1, 0.15) is 18.9 Å². The molecule has 0 spiro atoms. The second-order valence-electron chi connectivity index (χ2n) is 5.32. The molecule has 0 fully saturated rings. The van der Waals surface area contributed by atoms with Gasteiger partial charge in [-0.05, 0) is 18.6 Å². The van der Waals surface area contributed by atoms with Crippen molar-refractivity contribution in [3.8, 4) is 5.75 Å². The highest BCUT2D eigenvalue weighted by molar-refractivity contribution is 14.0. The molecule has 6 nitrogen and oxygen atoms in total. The summed E-state index contributed by atoms with van der Waals surface area (Å²) >= 11 is 0. The zero-order chi connectivity index (χ0) is 16.9. The van der Waals surface area contributed by atoms with Crippen molar-refractivity contribution in [1.82, 2.24) is 15.5 Å². The highest BCUT2D eigenvalue weighted by Crippen LogP contribution is 2.07. The van der Waals surface area contributed by atoms with Crippen molar-refractivity contribution in [2.24, 2.45) is 4.99 Å². The normalized spacial score (nSPS) is 10.5. The SMILES string of the molecule is CCCCNC(=NCC(=O)N(C)C)NCCOc1ccccc1.I. The van der Waals surface area contributed by atoms with E-state index in [4.69, 9.17) is 4.74 Å². The first-order valence-corrected chi connectivity index (χ1v) is 8.03. The number of halogens is 1. The lowest BCUT2D eigenvalue weighted by Crippen LogP contribution is -2.40. The largest absolute Gasteiger partial charge is 0.492 e. The molecule has 24 heavy (non-hydrogen) atoms.